The van der Waals surface area contributed by atoms with E-state index >= 15 is 0 Å². The number of rotatable bonds is 0. The zero-order chi connectivity index (χ0) is 9.84. The van der Waals surface area contributed by atoms with Crippen LogP contribution in [0.25, 0.3) is 0 Å². The van der Waals surface area contributed by atoms with E-state index in [4.69, 9.17) is 11.6 Å². The van der Waals surface area contributed by atoms with E-state index in [0.717, 1.165) is 23.4 Å². The van der Waals surface area contributed by atoms with Crippen molar-refractivity contribution >= 4 is 11.6 Å². The van der Waals surface area contributed by atoms with Gasteiger partial charge < -0.3 is 5.11 Å². The lowest BCUT2D eigenvalue weighted by atomic mass is 10.1. The SMILES string of the molecule is CC.OC1CCc2cc(Cl)ccc21. The monoisotopic (exact) mass is 198 g/mol. The maximum atomic E-state index is 9.43. The second-order valence-corrected chi connectivity index (χ2v) is 3.33. The van der Waals surface area contributed by atoms with E-state index in [-0.39, 0.29) is 6.10 Å². The first-order valence-electron chi connectivity index (χ1n) is 4.74. The molecule has 1 aromatic carbocycles. The molecule has 1 atom stereocenters. The molecular formula is C11H15ClO. The van der Waals surface area contributed by atoms with E-state index in [9.17, 15) is 5.11 Å². The molecule has 13 heavy (non-hydrogen) atoms. The van der Waals surface area contributed by atoms with Crippen molar-refractivity contribution in [2.45, 2.75) is 32.8 Å². The first kappa shape index (κ1) is 10.6. The molecule has 1 aliphatic carbocycles. The average molecular weight is 199 g/mol. The predicted octanol–water partition coefficient (Wildman–Crippen LogP) is 3.35. The Labute approximate surface area is 84.4 Å². The van der Waals surface area contributed by atoms with Crippen molar-refractivity contribution in [1.82, 2.24) is 0 Å². The molecule has 1 N–H and O–H groups in total. The summed E-state index contributed by atoms with van der Waals surface area (Å²) in [6.07, 6.45) is 1.54. The summed E-state index contributed by atoms with van der Waals surface area (Å²) in [5, 5.41) is 10.2. The van der Waals surface area contributed by atoms with Gasteiger partial charge in [0.05, 0.1) is 6.10 Å². The lowest BCUT2D eigenvalue weighted by Crippen LogP contribution is -1.88. The van der Waals surface area contributed by atoms with Gasteiger partial charge in [-0.25, -0.2) is 0 Å². The zero-order valence-corrected chi connectivity index (χ0v) is 8.80. The minimum absolute atomic E-state index is 0.262. The van der Waals surface area contributed by atoms with Crippen LogP contribution in [0.1, 0.15) is 37.5 Å². The lowest BCUT2D eigenvalue weighted by Gasteiger charge is -2.02. The molecule has 0 saturated heterocycles. The molecule has 1 nitrogen and oxygen atoms in total. The van der Waals surface area contributed by atoms with Crippen LogP contribution in [-0.4, -0.2) is 5.11 Å². The predicted molar refractivity (Wildman–Crippen MR) is 56.1 cm³/mol. The molecule has 0 spiro atoms. The van der Waals surface area contributed by atoms with Crippen molar-refractivity contribution < 1.29 is 5.11 Å². The van der Waals surface area contributed by atoms with E-state index in [0.29, 0.717) is 0 Å². The number of benzene rings is 1. The van der Waals surface area contributed by atoms with E-state index < -0.39 is 0 Å². The molecule has 0 radical (unpaired) electrons. The van der Waals surface area contributed by atoms with Gasteiger partial charge in [0.2, 0.25) is 0 Å². The van der Waals surface area contributed by atoms with E-state index in [1.165, 1.54) is 5.56 Å². The normalized spacial score (nSPS) is 18.9. The highest BCUT2D eigenvalue weighted by Gasteiger charge is 2.19. The maximum absolute atomic E-state index is 9.43. The van der Waals surface area contributed by atoms with E-state index in [1.807, 2.05) is 32.0 Å². The fourth-order valence-electron chi connectivity index (χ4n) is 1.56. The highest BCUT2D eigenvalue weighted by molar-refractivity contribution is 6.30. The van der Waals surface area contributed by atoms with Crippen LogP contribution in [-0.2, 0) is 6.42 Å². The summed E-state index contributed by atoms with van der Waals surface area (Å²) in [7, 11) is 0. The summed E-state index contributed by atoms with van der Waals surface area (Å²) < 4.78 is 0. The molecule has 0 amide bonds. The van der Waals surface area contributed by atoms with Gasteiger partial charge >= 0.3 is 0 Å². The lowest BCUT2D eigenvalue weighted by molar-refractivity contribution is 0.180. The third kappa shape index (κ3) is 2.23. The number of aryl methyl sites for hydroxylation is 1. The highest BCUT2D eigenvalue weighted by atomic mass is 35.5. The van der Waals surface area contributed by atoms with Gasteiger partial charge in [-0.1, -0.05) is 31.5 Å². The smallest absolute Gasteiger partial charge is 0.0795 e. The molecule has 1 unspecified atom stereocenters. The molecular weight excluding hydrogens is 184 g/mol. The number of aliphatic hydroxyl groups excluding tert-OH is 1. The third-order valence-electron chi connectivity index (χ3n) is 2.15. The molecule has 72 valence electrons. The number of halogens is 1. The summed E-state index contributed by atoms with van der Waals surface area (Å²) >= 11 is 5.79. The van der Waals surface area contributed by atoms with Gasteiger partial charge in [-0.3, -0.25) is 0 Å². The Bertz CT molecular complexity index is 283. The topological polar surface area (TPSA) is 20.2 Å². The molecule has 0 aromatic heterocycles. The maximum Gasteiger partial charge on any atom is 0.0795 e. The summed E-state index contributed by atoms with van der Waals surface area (Å²) in [6, 6.07) is 5.68. The Balaban J connectivity index is 0.000000396. The molecule has 0 saturated carbocycles. The van der Waals surface area contributed by atoms with Crippen LogP contribution in [0, 0.1) is 0 Å². The third-order valence-corrected chi connectivity index (χ3v) is 2.39. The van der Waals surface area contributed by atoms with Gasteiger partial charge in [0.1, 0.15) is 0 Å². The number of fused-ring (bicyclic) bond motifs is 1. The van der Waals surface area contributed by atoms with Gasteiger partial charge in [0.25, 0.3) is 0 Å². The minimum Gasteiger partial charge on any atom is -0.388 e. The Morgan fingerprint density at radius 3 is 2.77 bits per heavy atom. The standard InChI is InChI=1S/C9H9ClO.C2H6/c10-7-2-3-8-6(5-7)1-4-9(8)11;1-2/h2-3,5,9,11H,1,4H2;1-2H3. The van der Waals surface area contributed by atoms with Crippen molar-refractivity contribution in [3.8, 4) is 0 Å². The number of aliphatic hydroxyl groups is 1. The summed E-state index contributed by atoms with van der Waals surface area (Å²) in [5.41, 5.74) is 2.25. The molecule has 0 aliphatic heterocycles. The quantitative estimate of drug-likeness (QED) is 0.678. The average Bonchev–Trinajstić information content (AvgIpc) is 2.51. The van der Waals surface area contributed by atoms with Crippen LogP contribution in [0.4, 0.5) is 0 Å². The Kier molecular flexibility index (Phi) is 3.76. The molecule has 1 aliphatic rings. The van der Waals surface area contributed by atoms with Crippen LogP contribution in [0.3, 0.4) is 0 Å². The molecule has 2 rings (SSSR count). The van der Waals surface area contributed by atoms with Crippen LogP contribution in [0.15, 0.2) is 18.2 Å². The Hall–Kier alpha value is -0.530. The highest BCUT2D eigenvalue weighted by Crippen LogP contribution is 2.32. The van der Waals surface area contributed by atoms with Crippen molar-refractivity contribution in [3.63, 3.8) is 0 Å². The van der Waals surface area contributed by atoms with Gasteiger partial charge in [-0.2, -0.15) is 0 Å². The van der Waals surface area contributed by atoms with Gasteiger partial charge in [-0.05, 0) is 36.1 Å². The van der Waals surface area contributed by atoms with Gasteiger partial charge in [0, 0.05) is 5.02 Å². The van der Waals surface area contributed by atoms with Gasteiger partial charge in [0.15, 0.2) is 0 Å². The largest absolute Gasteiger partial charge is 0.388 e. The second-order valence-electron chi connectivity index (χ2n) is 2.90. The van der Waals surface area contributed by atoms with E-state index in [2.05, 4.69) is 0 Å². The zero-order valence-electron chi connectivity index (χ0n) is 8.05. The van der Waals surface area contributed by atoms with Crippen molar-refractivity contribution in [3.05, 3.63) is 34.3 Å². The van der Waals surface area contributed by atoms with E-state index in [1.54, 1.807) is 0 Å². The molecule has 0 fully saturated rings. The summed E-state index contributed by atoms with van der Waals surface area (Å²) in [4.78, 5) is 0. The minimum atomic E-state index is -0.262. The van der Waals surface area contributed by atoms with Crippen LogP contribution >= 0.6 is 11.6 Å². The fraction of sp³-hybridized carbons (Fsp3) is 0.455. The summed E-state index contributed by atoms with van der Waals surface area (Å²) in [5.74, 6) is 0. The summed E-state index contributed by atoms with van der Waals surface area (Å²) in [6.45, 7) is 4.00. The second kappa shape index (κ2) is 4.64. The van der Waals surface area contributed by atoms with Crippen molar-refractivity contribution in [1.29, 1.82) is 0 Å². The van der Waals surface area contributed by atoms with Crippen molar-refractivity contribution in [2.75, 3.05) is 0 Å². The molecule has 0 heterocycles. The van der Waals surface area contributed by atoms with Crippen LogP contribution in [0.2, 0.25) is 5.02 Å². The Morgan fingerprint density at radius 2 is 2.08 bits per heavy atom. The van der Waals surface area contributed by atoms with Crippen molar-refractivity contribution in [2.24, 2.45) is 0 Å². The van der Waals surface area contributed by atoms with Gasteiger partial charge in [-0.15, -0.1) is 0 Å². The molecule has 0 bridgehead atoms. The van der Waals surface area contributed by atoms with Crippen LogP contribution in [0.5, 0.6) is 0 Å². The Morgan fingerprint density at radius 1 is 1.38 bits per heavy atom. The fourth-order valence-corrected chi connectivity index (χ4v) is 1.76. The molecule has 1 aromatic rings. The molecule has 2 heteroatoms. The number of hydrogen-bond donors (Lipinski definition) is 1. The van der Waals surface area contributed by atoms with Crippen LogP contribution < -0.4 is 0 Å². The first-order valence-corrected chi connectivity index (χ1v) is 5.11. The number of hydrogen-bond acceptors (Lipinski definition) is 1. The first-order chi connectivity index (χ1) is 6.27.